The van der Waals surface area contributed by atoms with Crippen LogP contribution in [-0.2, 0) is 4.79 Å². The van der Waals surface area contributed by atoms with Crippen LogP contribution in [0.3, 0.4) is 0 Å². The lowest BCUT2D eigenvalue weighted by Gasteiger charge is -2.14. The van der Waals surface area contributed by atoms with Crippen LogP contribution in [0.1, 0.15) is 23.6 Å². The predicted octanol–water partition coefficient (Wildman–Crippen LogP) is 4.04. The highest BCUT2D eigenvalue weighted by molar-refractivity contribution is 8.00. The number of nitrogens with zero attached hydrogens (tertiary/aromatic N) is 2. The molecule has 2 aromatic carbocycles. The average Bonchev–Trinajstić information content (AvgIpc) is 2.70. The first kappa shape index (κ1) is 20.4. The third kappa shape index (κ3) is 4.73. The second-order valence-corrected chi connectivity index (χ2v) is 7.97. The van der Waals surface area contributed by atoms with Gasteiger partial charge in [-0.25, -0.2) is 4.98 Å². The van der Waals surface area contributed by atoms with Gasteiger partial charge in [-0.05, 0) is 32.4 Å². The Kier molecular flexibility index (Phi) is 6.15. The first-order valence-corrected chi connectivity index (χ1v) is 9.91. The molecule has 0 spiro atoms. The molecule has 1 heterocycles. The lowest BCUT2D eigenvalue weighted by atomic mass is 10.1. The van der Waals surface area contributed by atoms with Gasteiger partial charge < -0.3 is 10.3 Å². The van der Waals surface area contributed by atoms with Crippen LogP contribution in [0.5, 0.6) is 0 Å². The Morgan fingerprint density at radius 1 is 1.21 bits per heavy atom. The smallest absolute Gasteiger partial charge is 0.270 e. The molecule has 6 nitrogen and oxygen atoms in total. The first-order valence-electron chi connectivity index (χ1n) is 9.03. The van der Waals surface area contributed by atoms with E-state index in [1.54, 1.807) is 19.1 Å². The van der Waals surface area contributed by atoms with E-state index in [9.17, 15) is 14.9 Å². The summed E-state index contributed by atoms with van der Waals surface area (Å²) in [6, 6.07) is 16.8. The van der Waals surface area contributed by atoms with Gasteiger partial charge in [-0.3, -0.25) is 9.59 Å². The van der Waals surface area contributed by atoms with E-state index in [0.717, 1.165) is 28.6 Å². The van der Waals surface area contributed by atoms with Crippen LogP contribution in [0.15, 0.2) is 58.5 Å². The van der Waals surface area contributed by atoms with Gasteiger partial charge in [0.1, 0.15) is 11.6 Å². The van der Waals surface area contributed by atoms with E-state index < -0.39 is 10.8 Å². The van der Waals surface area contributed by atoms with Gasteiger partial charge in [0.15, 0.2) is 5.16 Å². The molecule has 0 unspecified atom stereocenters. The second kappa shape index (κ2) is 8.76. The summed E-state index contributed by atoms with van der Waals surface area (Å²) in [7, 11) is 0. The fourth-order valence-electron chi connectivity index (χ4n) is 2.83. The van der Waals surface area contributed by atoms with E-state index in [4.69, 9.17) is 0 Å². The van der Waals surface area contributed by atoms with Gasteiger partial charge in [0.2, 0.25) is 5.91 Å². The number of anilines is 1. The van der Waals surface area contributed by atoms with Crippen LogP contribution in [-0.4, -0.2) is 21.1 Å². The first-order chi connectivity index (χ1) is 13.9. The van der Waals surface area contributed by atoms with Gasteiger partial charge in [0, 0.05) is 11.3 Å². The Bertz CT molecular complexity index is 1150. The molecule has 7 heteroatoms. The largest absolute Gasteiger partial charge is 0.325 e. The highest BCUT2D eigenvalue weighted by Crippen LogP contribution is 2.25. The molecule has 0 bridgehead atoms. The lowest BCUT2D eigenvalue weighted by molar-refractivity contribution is -0.115. The number of H-pyrrole nitrogens is 1. The number of carbonyl (C=O) groups excluding carboxylic acids is 1. The fourth-order valence-corrected chi connectivity index (χ4v) is 3.62. The number of aromatic amines is 1. The zero-order valence-corrected chi connectivity index (χ0v) is 17.1. The SMILES string of the molecule is Cc1ccc(NC(=O)[C@H](C)Sc2nc(-c3ccccc3)c(C#N)c(=O)[nH]2)c(C)c1. The van der Waals surface area contributed by atoms with E-state index in [2.05, 4.69) is 15.3 Å². The summed E-state index contributed by atoms with van der Waals surface area (Å²) in [4.78, 5) is 32.0. The topological polar surface area (TPSA) is 98.6 Å². The Labute approximate surface area is 173 Å². The van der Waals surface area contributed by atoms with Crippen molar-refractivity contribution in [3.05, 3.63) is 75.6 Å². The molecule has 29 heavy (non-hydrogen) atoms. The molecule has 0 aliphatic rings. The van der Waals surface area contributed by atoms with Gasteiger partial charge in [0.05, 0.1) is 10.9 Å². The normalized spacial score (nSPS) is 11.5. The molecule has 3 rings (SSSR count). The maximum absolute atomic E-state index is 12.6. The molecule has 0 saturated heterocycles. The van der Waals surface area contributed by atoms with Gasteiger partial charge >= 0.3 is 0 Å². The molecule has 0 radical (unpaired) electrons. The van der Waals surface area contributed by atoms with Crippen molar-refractivity contribution in [1.82, 2.24) is 9.97 Å². The number of amides is 1. The van der Waals surface area contributed by atoms with Crippen LogP contribution in [0, 0.1) is 25.2 Å². The molecule has 146 valence electrons. The molecule has 0 saturated carbocycles. The number of hydrogen-bond acceptors (Lipinski definition) is 5. The molecule has 0 aliphatic heterocycles. The summed E-state index contributed by atoms with van der Waals surface area (Å²) in [5.74, 6) is -0.199. The third-order valence-electron chi connectivity index (χ3n) is 4.35. The van der Waals surface area contributed by atoms with Crippen molar-refractivity contribution >= 4 is 23.4 Å². The molecule has 0 fully saturated rings. The molecule has 1 amide bonds. The van der Waals surface area contributed by atoms with Crippen LogP contribution >= 0.6 is 11.8 Å². The summed E-state index contributed by atoms with van der Waals surface area (Å²) in [5.41, 5.74) is 3.26. The monoisotopic (exact) mass is 404 g/mol. The van der Waals surface area contributed by atoms with Crippen molar-refractivity contribution in [3.63, 3.8) is 0 Å². The maximum atomic E-state index is 12.6. The number of aromatic nitrogens is 2. The van der Waals surface area contributed by atoms with Crippen molar-refractivity contribution in [2.24, 2.45) is 0 Å². The number of nitrogens with one attached hydrogen (secondary N) is 2. The highest BCUT2D eigenvalue weighted by Gasteiger charge is 2.19. The van der Waals surface area contributed by atoms with Crippen molar-refractivity contribution in [3.8, 4) is 17.3 Å². The minimum atomic E-state index is -0.522. The van der Waals surface area contributed by atoms with E-state index >= 15 is 0 Å². The number of rotatable bonds is 5. The maximum Gasteiger partial charge on any atom is 0.270 e. The van der Waals surface area contributed by atoms with Crippen molar-refractivity contribution in [2.75, 3.05) is 5.32 Å². The van der Waals surface area contributed by atoms with Crippen molar-refractivity contribution in [2.45, 2.75) is 31.2 Å². The lowest BCUT2D eigenvalue weighted by Crippen LogP contribution is -2.24. The Hall–Kier alpha value is -3.37. The minimum Gasteiger partial charge on any atom is -0.325 e. The molecular formula is C22H20N4O2S. The number of benzene rings is 2. The zero-order chi connectivity index (χ0) is 21.0. The van der Waals surface area contributed by atoms with E-state index in [0.29, 0.717) is 11.3 Å². The van der Waals surface area contributed by atoms with E-state index in [1.807, 2.05) is 56.3 Å². The summed E-state index contributed by atoms with van der Waals surface area (Å²) >= 11 is 1.13. The second-order valence-electron chi connectivity index (χ2n) is 6.64. The Morgan fingerprint density at radius 3 is 2.59 bits per heavy atom. The number of thioether (sulfide) groups is 1. The van der Waals surface area contributed by atoms with Gasteiger partial charge in [0.25, 0.3) is 5.56 Å². The third-order valence-corrected chi connectivity index (χ3v) is 5.34. The number of hydrogen-bond donors (Lipinski definition) is 2. The molecule has 0 aliphatic carbocycles. The molecule has 1 aromatic heterocycles. The van der Waals surface area contributed by atoms with Gasteiger partial charge in [-0.15, -0.1) is 0 Å². The van der Waals surface area contributed by atoms with Crippen LogP contribution in [0.2, 0.25) is 0 Å². The fraction of sp³-hybridized carbons (Fsp3) is 0.182. The standard InChI is InChI=1S/C22H20N4O2S/c1-13-9-10-18(14(2)11-13)24-20(27)15(3)29-22-25-19(16-7-5-4-6-8-16)17(12-23)21(28)26-22/h4-11,15H,1-3H3,(H,24,27)(H,25,26,28)/t15-/m0/s1. The van der Waals surface area contributed by atoms with E-state index in [-0.39, 0.29) is 16.6 Å². The Morgan fingerprint density at radius 2 is 1.93 bits per heavy atom. The van der Waals surface area contributed by atoms with Crippen molar-refractivity contribution < 1.29 is 4.79 Å². The van der Waals surface area contributed by atoms with Gasteiger partial charge in [-0.2, -0.15) is 5.26 Å². The Balaban J connectivity index is 1.84. The van der Waals surface area contributed by atoms with Crippen LogP contribution in [0.4, 0.5) is 5.69 Å². The number of nitriles is 1. The molecule has 3 aromatic rings. The molecular weight excluding hydrogens is 384 g/mol. The van der Waals surface area contributed by atoms with Gasteiger partial charge in [-0.1, -0.05) is 59.8 Å². The van der Waals surface area contributed by atoms with Crippen molar-refractivity contribution in [1.29, 1.82) is 5.26 Å². The minimum absolute atomic E-state index is 0.0482. The summed E-state index contributed by atoms with van der Waals surface area (Å²) in [6.07, 6.45) is 0. The van der Waals surface area contributed by atoms with Crippen LogP contribution < -0.4 is 10.9 Å². The quantitative estimate of drug-likeness (QED) is 0.494. The molecule has 2 N–H and O–H groups in total. The van der Waals surface area contributed by atoms with Crippen LogP contribution in [0.25, 0.3) is 11.3 Å². The summed E-state index contributed by atoms with van der Waals surface area (Å²) in [6.45, 7) is 5.67. The zero-order valence-electron chi connectivity index (χ0n) is 16.3. The predicted molar refractivity (Wildman–Crippen MR) is 115 cm³/mol. The summed E-state index contributed by atoms with van der Waals surface area (Å²) < 4.78 is 0. The highest BCUT2D eigenvalue weighted by atomic mass is 32.2. The number of carbonyl (C=O) groups is 1. The molecule has 1 atom stereocenters. The average molecular weight is 404 g/mol. The summed E-state index contributed by atoms with van der Waals surface area (Å²) in [5, 5.41) is 12.0. The number of aryl methyl sites for hydroxylation is 2. The van der Waals surface area contributed by atoms with E-state index in [1.165, 1.54) is 0 Å².